The van der Waals surface area contributed by atoms with Gasteiger partial charge in [-0.2, -0.15) is 0 Å². The van der Waals surface area contributed by atoms with Gasteiger partial charge in [0.15, 0.2) is 6.10 Å². The molecule has 2 amide bonds. The smallest absolute Gasteiger partial charge is 0.337 e. The zero-order chi connectivity index (χ0) is 11.4. The summed E-state index contributed by atoms with van der Waals surface area (Å²) in [6.45, 7) is 0. The number of aliphatic hydroxyl groups excluding tert-OH is 1. The van der Waals surface area contributed by atoms with Crippen LogP contribution in [-0.4, -0.2) is 22.2 Å². The number of carboxylic acids is 1. The standard InChI is InChI=1S/C9H10N2O4/c10-9(15)11-6-4-2-1-3-5(6)7(12)8(13)14/h1-4,7,12H,(H,13,14)(H3,10,11,15). The summed E-state index contributed by atoms with van der Waals surface area (Å²) in [5.41, 5.74) is 5.16. The molecule has 0 aliphatic carbocycles. The molecule has 1 aromatic rings. The van der Waals surface area contributed by atoms with Crippen LogP contribution in [0.15, 0.2) is 24.3 Å². The van der Waals surface area contributed by atoms with Gasteiger partial charge in [0.25, 0.3) is 0 Å². The van der Waals surface area contributed by atoms with E-state index < -0.39 is 18.1 Å². The number of urea groups is 1. The lowest BCUT2D eigenvalue weighted by Gasteiger charge is -2.11. The minimum absolute atomic E-state index is 0.0869. The van der Waals surface area contributed by atoms with Gasteiger partial charge in [0.05, 0.1) is 0 Å². The maximum Gasteiger partial charge on any atom is 0.337 e. The highest BCUT2D eigenvalue weighted by molar-refractivity contribution is 5.90. The Kier molecular flexibility index (Phi) is 3.25. The van der Waals surface area contributed by atoms with Gasteiger partial charge in [-0.1, -0.05) is 18.2 Å². The molecule has 0 aliphatic heterocycles. The maximum absolute atomic E-state index is 10.6. The number of primary amides is 1. The Hall–Kier alpha value is -2.08. The zero-order valence-corrected chi connectivity index (χ0v) is 7.68. The normalized spacial score (nSPS) is 11.8. The maximum atomic E-state index is 10.6. The van der Waals surface area contributed by atoms with Crippen LogP contribution in [0.1, 0.15) is 11.7 Å². The first kappa shape index (κ1) is 11.0. The average molecular weight is 210 g/mol. The van der Waals surface area contributed by atoms with Crippen LogP contribution in [0.5, 0.6) is 0 Å². The predicted octanol–water partition coefficient (Wildman–Crippen LogP) is 0.295. The van der Waals surface area contributed by atoms with Gasteiger partial charge >= 0.3 is 12.0 Å². The summed E-state index contributed by atoms with van der Waals surface area (Å²) in [5.74, 6) is -1.39. The number of carbonyl (C=O) groups is 2. The SMILES string of the molecule is NC(=O)Nc1ccccc1C(O)C(=O)O. The number of nitrogens with one attached hydrogen (secondary N) is 1. The Morgan fingerprint density at radius 1 is 1.33 bits per heavy atom. The molecular weight excluding hydrogens is 200 g/mol. The van der Waals surface area contributed by atoms with Crippen LogP contribution in [0.25, 0.3) is 0 Å². The molecule has 0 radical (unpaired) electrons. The fraction of sp³-hybridized carbons (Fsp3) is 0.111. The molecule has 6 nitrogen and oxygen atoms in total. The summed E-state index contributed by atoms with van der Waals surface area (Å²) in [7, 11) is 0. The lowest BCUT2D eigenvalue weighted by Crippen LogP contribution is -2.21. The lowest BCUT2D eigenvalue weighted by molar-refractivity contribution is -0.146. The van der Waals surface area contributed by atoms with Crippen LogP contribution in [0, 0.1) is 0 Å². The molecular formula is C9H10N2O4. The van der Waals surface area contributed by atoms with E-state index in [0.717, 1.165) is 0 Å². The molecule has 5 N–H and O–H groups in total. The Morgan fingerprint density at radius 3 is 2.47 bits per heavy atom. The summed E-state index contributed by atoms with van der Waals surface area (Å²) in [6, 6.07) is 5.16. The highest BCUT2D eigenvalue weighted by Gasteiger charge is 2.19. The van der Waals surface area contributed by atoms with Gasteiger partial charge in [0, 0.05) is 11.3 Å². The molecule has 1 unspecified atom stereocenters. The van der Waals surface area contributed by atoms with Crippen molar-refractivity contribution in [3.05, 3.63) is 29.8 Å². The van der Waals surface area contributed by atoms with E-state index in [1.807, 2.05) is 0 Å². The number of aliphatic hydroxyl groups is 1. The molecule has 1 rings (SSSR count). The van der Waals surface area contributed by atoms with Crippen molar-refractivity contribution in [3.8, 4) is 0 Å². The van der Waals surface area contributed by atoms with Crippen molar-refractivity contribution in [2.75, 3.05) is 5.32 Å². The Morgan fingerprint density at radius 2 is 1.93 bits per heavy atom. The van der Waals surface area contributed by atoms with E-state index in [4.69, 9.17) is 10.8 Å². The Balaban J connectivity index is 3.05. The molecule has 0 saturated heterocycles. The van der Waals surface area contributed by atoms with Crippen molar-refractivity contribution < 1.29 is 19.8 Å². The second kappa shape index (κ2) is 4.43. The van der Waals surface area contributed by atoms with Crippen LogP contribution < -0.4 is 11.1 Å². The first-order valence-corrected chi connectivity index (χ1v) is 4.08. The molecule has 0 saturated carbocycles. The quantitative estimate of drug-likeness (QED) is 0.574. The molecule has 0 aliphatic rings. The number of hydrogen-bond donors (Lipinski definition) is 4. The van der Waals surface area contributed by atoms with Gasteiger partial charge in [-0.15, -0.1) is 0 Å². The van der Waals surface area contributed by atoms with E-state index in [-0.39, 0.29) is 11.3 Å². The number of carboxylic acid groups (broad SMARTS) is 1. The minimum atomic E-state index is -1.69. The Labute approximate surface area is 85.3 Å². The summed E-state index contributed by atoms with van der Waals surface area (Å²) in [5, 5.41) is 20.1. The van der Waals surface area contributed by atoms with Crippen LogP contribution in [0.2, 0.25) is 0 Å². The van der Waals surface area contributed by atoms with Crippen molar-refractivity contribution in [2.24, 2.45) is 5.73 Å². The van der Waals surface area contributed by atoms with Crippen LogP contribution in [0.3, 0.4) is 0 Å². The zero-order valence-electron chi connectivity index (χ0n) is 7.68. The van der Waals surface area contributed by atoms with Gasteiger partial charge in [-0.3, -0.25) is 0 Å². The van der Waals surface area contributed by atoms with Crippen molar-refractivity contribution in [2.45, 2.75) is 6.10 Å². The van der Waals surface area contributed by atoms with E-state index in [1.165, 1.54) is 12.1 Å². The molecule has 0 spiro atoms. The van der Waals surface area contributed by atoms with Gasteiger partial charge < -0.3 is 21.3 Å². The predicted molar refractivity (Wildman–Crippen MR) is 52.2 cm³/mol. The number of hydrogen-bond acceptors (Lipinski definition) is 3. The highest BCUT2D eigenvalue weighted by atomic mass is 16.4. The van der Waals surface area contributed by atoms with E-state index in [9.17, 15) is 14.7 Å². The van der Waals surface area contributed by atoms with E-state index >= 15 is 0 Å². The number of benzene rings is 1. The fourth-order valence-electron chi connectivity index (χ4n) is 1.12. The minimum Gasteiger partial charge on any atom is -0.479 e. The van der Waals surface area contributed by atoms with E-state index in [2.05, 4.69) is 5.32 Å². The van der Waals surface area contributed by atoms with Crippen molar-refractivity contribution >= 4 is 17.7 Å². The summed E-state index contributed by atoms with van der Waals surface area (Å²) in [4.78, 5) is 21.1. The number of amides is 2. The lowest BCUT2D eigenvalue weighted by atomic mass is 10.1. The molecule has 0 fully saturated rings. The Bertz CT molecular complexity index is 391. The van der Waals surface area contributed by atoms with Crippen LogP contribution >= 0.6 is 0 Å². The van der Waals surface area contributed by atoms with Crippen LogP contribution in [-0.2, 0) is 4.79 Å². The number of aliphatic carboxylic acids is 1. The third kappa shape index (κ3) is 2.68. The van der Waals surface area contributed by atoms with Crippen molar-refractivity contribution in [3.63, 3.8) is 0 Å². The van der Waals surface area contributed by atoms with Gasteiger partial charge in [0.2, 0.25) is 0 Å². The number of rotatable bonds is 3. The topological polar surface area (TPSA) is 113 Å². The molecule has 1 atom stereocenters. The van der Waals surface area contributed by atoms with E-state index in [0.29, 0.717) is 0 Å². The largest absolute Gasteiger partial charge is 0.479 e. The second-order valence-corrected chi connectivity index (χ2v) is 2.82. The average Bonchev–Trinajstić information content (AvgIpc) is 2.16. The molecule has 80 valence electrons. The van der Waals surface area contributed by atoms with Crippen molar-refractivity contribution in [1.82, 2.24) is 0 Å². The number of para-hydroxylation sites is 1. The van der Waals surface area contributed by atoms with Crippen LogP contribution in [0.4, 0.5) is 10.5 Å². The first-order chi connectivity index (χ1) is 7.02. The summed E-state index contributed by atoms with van der Waals surface area (Å²) < 4.78 is 0. The molecule has 0 heterocycles. The highest BCUT2D eigenvalue weighted by Crippen LogP contribution is 2.22. The van der Waals surface area contributed by atoms with Gasteiger partial charge in [-0.25, -0.2) is 9.59 Å². The first-order valence-electron chi connectivity index (χ1n) is 4.08. The monoisotopic (exact) mass is 210 g/mol. The molecule has 15 heavy (non-hydrogen) atoms. The number of anilines is 1. The van der Waals surface area contributed by atoms with Crippen molar-refractivity contribution in [1.29, 1.82) is 0 Å². The van der Waals surface area contributed by atoms with Gasteiger partial charge in [0.1, 0.15) is 0 Å². The molecule has 0 bridgehead atoms. The number of carbonyl (C=O) groups excluding carboxylic acids is 1. The molecule has 0 aromatic heterocycles. The fourth-order valence-corrected chi connectivity index (χ4v) is 1.12. The summed E-state index contributed by atoms with van der Waals surface area (Å²) >= 11 is 0. The van der Waals surface area contributed by atoms with E-state index in [1.54, 1.807) is 12.1 Å². The third-order valence-corrected chi connectivity index (χ3v) is 1.75. The second-order valence-electron chi connectivity index (χ2n) is 2.82. The number of nitrogens with two attached hydrogens (primary N) is 1. The third-order valence-electron chi connectivity index (χ3n) is 1.75. The molecule has 6 heteroatoms. The van der Waals surface area contributed by atoms with Gasteiger partial charge in [-0.05, 0) is 6.07 Å². The summed E-state index contributed by atoms with van der Waals surface area (Å²) in [6.07, 6.45) is -1.69. The molecule has 1 aromatic carbocycles.